The lowest BCUT2D eigenvalue weighted by molar-refractivity contribution is -0.139. The molecular formula is C28H22ClN3O8. The predicted octanol–water partition coefficient (Wildman–Crippen LogP) is 3.34. The van der Waals surface area contributed by atoms with E-state index in [1.165, 1.54) is 49.4 Å². The van der Waals surface area contributed by atoms with Crippen molar-refractivity contribution < 1.29 is 33.8 Å². The number of benzene rings is 3. The van der Waals surface area contributed by atoms with Crippen LogP contribution in [0.15, 0.2) is 82.0 Å². The Morgan fingerprint density at radius 2 is 1.73 bits per heavy atom. The van der Waals surface area contributed by atoms with Crippen LogP contribution in [0.5, 0.6) is 5.75 Å². The largest absolute Gasteiger partial charge is 0.508 e. The molecule has 12 heteroatoms. The minimum Gasteiger partial charge on any atom is -0.508 e. The van der Waals surface area contributed by atoms with Crippen LogP contribution in [0, 0.1) is 0 Å². The van der Waals surface area contributed by atoms with Gasteiger partial charge in [-0.05, 0) is 55.0 Å². The number of imide groups is 1. The summed E-state index contributed by atoms with van der Waals surface area (Å²) in [5, 5.41) is 22.0. The van der Waals surface area contributed by atoms with Gasteiger partial charge in [0.2, 0.25) is 0 Å². The first-order valence-corrected chi connectivity index (χ1v) is 12.2. The van der Waals surface area contributed by atoms with E-state index in [2.05, 4.69) is 10.7 Å². The zero-order valence-electron chi connectivity index (χ0n) is 20.9. The molecule has 3 amide bonds. The van der Waals surface area contributed by atoms with Crippen molar-refractivity contribution in [1.82, 2.24) is 15.8 Å². The minimum absolute atomic E-state index is 0.0468. The SMILES string of the molecule is C[C@H](NN(C(=O)c1cc(=O)c2ccccc2o1)C(=O)c1ccc(C(=O)NCc2cccc(O)c2)cc1Cl)C(=O)O. The fourth-order valence-electron chi connectivity index (χ4n) is 3.68. The number of carbonyl (C=O) groups is 4. The van der Waals surface area contributed by atoms with Crippen LogP contribution in [-0.4, -0.2) is 45.0 Å². The number of phenolic OH excluding ortho intramolecular Hbond substituents is 1. The number of rotatable bonds is 8. The zero-order chi connectivity index (χ0) is 29.0. The monoisotopic (exact) mass is 563 g/mol. The van der Waals surface area contributed by atoms with Gasteiger partial charge >= 0.3 is 11.9 Å². The first-order valence-electron chi connectivity index (χ1n) is 11.8. The fraction of sp³-hybridized carbons (Fsp3) is 0.107. The molecule has 0 bridgehead atoms. The Hall–Kier alpha value is -5.00. The number of amides is 3. The molecule has 0 aliphatic rings. The Labute approximate surface area is 231 Å². The van der Waals surface area contributed by atoms with Crippen LogP contribution in [0.3, 0.4) is 0 Å². The van der Waals surface area contributed by atoms with Crippen molar-refractivity contribution in [2.45, 2.75) is 19.5 Å². The molecule has 4 N–H and O–H groups in total. The molecule has 3 aromatic carbocycles. The van der Waals surface area contributed by atoms with Crippen molar-refractivity contribution in [3.63, 3.8) is 0 Å². The summed E-state index contributed by atoms with van der Waals surface area (Å²) in [6, 6.07) is 15.7. The molecule has 0 saturated carbocycles. The van der Waals surface area contributed by atoms with E-state index in [1.54, 1.807) is 24.3 Å². The highest BCUT2D eigenvalue weighted by molar-refractivity contribution is 6.34. The summed E-state index contributed by atoms with van der Waals surface area (Å²) in [6.45, 7) is 1.32. The highest BCUT2D eigenvalue weighted by Gasteiger charge is 2.31. The topological polar surface area (TPSA) is 166 Å². The van der Waals surface area contributed by atoms with E-state index in [0.717, 1.165) is 6.07 Å². The third-order valence-electron chi connectivity index (χ3n) is 5.77. The fourth-order valence-corrected chi connectivity index (χ4v) is 3.94. The predicted molar refractivity (Wildman–Crippen MR) is 144 cm³/mol. The lowest BCUT2D eigenvalue weighted by Crippen LogP contribution is -2.53. The first kappa shape index (κ1) is 28.0. The van der Waals surface area contributed by atoms with Gasteiger partial charge in [-0.25, -0.2) is 10.4 Å². The summed E-state index contributed by atoms with van der Waals surface area (Å²) >= 11 is 6.31. The summed E-state index contributed by atoms with van der Waals surface area (Å²) in [6.07, 6.45) is 0. The first-order chi connectivity index (χ1) is 19.0. The van der Waals surface area contributed by atoms with Gasteiger partial charge in [0, 0.05) is 18.2 Å². The van der Waals surface area contributed by atoms with Crippen LogP contribution in [0.1, 0.15) is 43.8 Å². The molecule has 1 heterocycles. The second-order valence-electron chi connectivity index (χ2n) is 8.65. The lowest BCUT2D eigenvalue weighted by Gasteiger charge is -2.24. The van der Waals surface area contributed by atoms with E-state index in [4.69, 9.17) is 16.0 Å². The number of halogens is 1. The van der Waals surface area contributed by atoms with Gasteiger partial charge in [0.25, 0.3) is 11.8 Å². The van der Waals surface area contributed by atoms with Crippen molar-refractivity contribution in [3.05, 3.63) is 110 Å². The van der Waals surface area contributed by atoms with E-state index >= 15 is 0 Å². The molecule has 1 aromatic heterocycles. The number of nitrogens with zero attached hydrogens (tertiary/aromatic N) is 1. The van der Waals surface area contributed by atoms with Crippen LogP contribution < -0.4 is 16.2 Å². The van der Waals surface area contributed by atoms with Gasteiger partial charge in [-0.2, -0.15) is 0 Å². The normalized spacial score (nSPS) is 11.6. The molecule has 0 aliphatic carbocycles. The Morgan fingerprint density at radius 3 is 2.42 bits per heavy atom. The summed E-state index contributed by atoms with van der Waals surface area (Å²) < 4.78 is 5.53. The maximum Gasteiger partial charge on any atom is 0.322 e. The summed E-state index contributed by atoms with van der Waals surface area (Å²) in [5.41, 5.74) is 2.38. The quantitative estimate of drug-likeness (QED) is 0.186. The second kappa shape index (κ2) is 11.8. The van der Waals surface area contributed by atoms with Crippen LogP contribution >= 0.6 is 11.6 Å². The highest BCUT2D eigenvalue weighted by Crippen LogP contribution is 2.22. The van der Waals surface area contributed by atoms with Crippen molar-refractivity contribution >= 4 is 46.3 Å². The molecule has 0 unspecified atom stereocenters. The van der Waals surface area contributed by atoms with E-state index in [1.807, 2.05) is 0 Å². The van der Waals surface area contributed by atoms with Crippen LogP contribution in [0.4, 0.5) is 0 Å². The van der Waals surface area contributed by atoms with E-state index in [9.17, 15) is 34.2 Å². The number of carboxylic acid groups (broad SMARTS) is 1. The molecule has 0 spiro atoms. The number of carbonyl (C=O) groups excluding carboxylic acids is 3. The number of aromatic hydroxyl groups is 1. The second-order valence-corrected chi connectivity index (χ2v) is 9.06. The van der Waals surface area contributed by atoms with Crippen LogP contribution in [0.25, 0.3) is 11.0 Å². The minimum atomic E-state index is -1.40. The Kier molecular flexibility index (Phi) is 8.27. The molecule has 0 radical (unpaired) electrons. The molecule has 0 aliphatic heterocycles. The smallest absolute Gasteiger partial charge is 0.322 e. The van der Waals surface area contributed by atoms with E-state index in [-0.39, 0.29) is 39.4 Å². The molecule has 40 heavy (non-hydrogen) atoms. The van der Waals surface area contributed by atoms with Crippen molar-refractivity contribution in [2.75, 3.05) is 0 Å². The van der Waals surface area contributed by atoms with Gasteiger partial charge in [0.05, 0.1) is 16.0 Å². The van der Waals surface area contributed by atoms with Crippen molar-refractivity contribution in [3.8, 4) is 5.75 Å². The number of nitrogens with one attached hydrogen (secondary N) is 2. The molecule has 11 nitrogen and oxygen atoms in total. The van der Waals surface area contributed by atoms with Crippen LogP contribution in [-0.2, 0) is 11.3 Å². The maximum atomic E-state index is 13.4. The van der Waals surface area contributed by atoms with E-state index < -0.39 is 40.9 Å². The van der Waals surface area contributed by atoms with Crippen molar-refractivity contribution in [2.24, 2.45) is 0 Å². The molecule has 4 rings (SSSR count). The molecule has 204 valence electrons. The number of fused-ring (bicyclic) bond motifs is 1. The Bertz CT molecular complexity index is 1700. The summed E-state index contributed by atoms with van der Waals surface area (Å²) in [4.78, 5) is 63.4. The number of hydrogen-bond acceptors (Lipinski definition) is 8. The molecular weight excluding hydrogens is 542 g/mol. The van der Waals surface area contributed by atoms with E-state index in [0.29, 0.717) is 10.6 Å². The number of hydrogen-bond donors (Lipinski definition) is 4. The molecule has 4 aromatic rings. The van der Waals surface area contributed by atoms with Gasteiger partial charge in [-0.1, -0.05) is 35.9 Å². The number of phenols is 1. The van der Waals surface area contributed by atoms with Gasteiger partial charge in [-0.3, -0.25) is 24.0 Å². The van der Waals surface area contributed by atoms with Crippen LogP contribution in [0.2, 0.25) is 5.02 Å². The van der Waals surface area contributed by atoms with Crippen molar-refractivity contribution in [1.29, 1.82) is 0 Å². The highest BCUT2D eigenvalue weighted by atomic mass is 35.5. The number of carboxylic acids is 1. The number of aliphatic carboxylic acids is 1. The van der Waals surface area contributed by atoms with Gasteiger partial charge in [-0.15, -0.1) is 0 Å². The average molecular weight is 564 g/mol. The maximum absolute atomic E-state index is 13.4. The van der Waals surface area contributed by atoms with Gasteiger partial charge in [0.15, 0.2) is 11.2 Å². The zero-order valence-corrected chi connectivity index (χ0v) is 21.6. The molecule has 0 saturated heterocycles. The number of hydrazine groups is 1. The molecule has 1 atom stereocenters. The summed E-state index contributed by atoms with van der Waals surface area (Å²) in [7, 11) is 0. The molecule has 0 fully saturated rings. The third-order valence-corrected chi connectivity index (χ3v) is 6.08. The average Bonchev–Trinajstić information content (AvgIpc) is 2.93. The standard InChI is InChI=1S/C28H22ClN3O8/c1-15(28(38)39)31-32(27(37)24-13-22(34)20-7-2-3-8-23(20)40-24)26(36)19-10-9-17(12-21(19)29)25(35)30-14-16-5-4-6-18(33)11-16/h2-13,15,31,33H,14H2,1H3,(H,30,35)(H,38,39)/t15-/m0/s1. The third kappa shape index (κ3) is 6.17. The Morgan fingerprint density at radius 1 is 0.975 bits per heavy atom. The van der Waals surface area contributed by atoms with Gasteiger partial charge in [0.1, 0.15) is 17.4 Å². The Balaban J connectivity index is 1.61. The lowest BCUT2D eigenvalue weighted by atomic mass is 10.1. The summed E-state index contributed by atoms with van der Waals surface area (Å²) in [5.74, 6) is -4.54. The van der Waals surface area contributed by atoms with Gasteiger partial charge < -0.3 is 19.9 Å². The number of para-hydroxylation sites is 1.